The number of carbonyl (C=O) groups excluding carboxylic acids is 1. The lowest BCUT2D eigenvalue weighted by molar-refractivity contribution is -0.122. The van der Waals surface area contributed by atoms with E-state index in [2.05, 4.69) is 47.5 Å². The van der Waals surface area contributed by atoms with Crippen LogP contribution in [-0.2, 0) is 4.79 Å². The van der Waals surface area contributed by atoms with Gasteiger partial charge in [0.25, 0.3) is 0 Å². The van der Waals surface area contributed by atoms with Crippen LogP contribution in [0.15, 0.2) is 30.3 Å². The number of hydrogen-bond acceptors (Lipinski definition) is 3. The molecule has 1 unspecified atom stereocenters. The Morgan fingerprint density at radius 2 is 1.92 bits per heavy atom. The number of carbonyl (C=O) groups is 1. The van der Waals surface area contributed by atoms with Crippen molar-refractivity contribution < 1.29 is 4.79 Å². The average Bonchev–Trinajstić information content (AvgIpc) is 3.02. The Balaban J connectivity index is 1.58. The van der Waals surface area contributed by atoms with Crippen molar-refractivity contribution in [1.82, 2.24) is 10.2 Å². The summed E-state index contributed by atoms with van der Waals surface area (Å²) < 4.78 is 0. The van der Waals surface area contributed by atoms with Crippen LogP contribution in [0, 0.1) is 11.8 Å². The molecule has 1 saturated heterocycles. The van der Waals surface area contributed by atoms with Gasteiger partial charge in [0.1, 0.15) is 0 Å². The second-order valence-corrected chi connectivity index (χ2v) is 8.01. The third kappa shape index (κ3) is 5.05. The highest BCUT2D eigenvalue weighted by Crippen LogP contribution is 2.28. The number of rotatable bonds is 6. The van der Waals surface area contributed by atoms with Crippen LogP contribution in [-0.4, -0.2) is 36.5 Å². The first kappa shape index (κ1) is 18.4. The Labute approximate surface area is 152 Å². The molecule has 1 aliphatic heterocycles. The van der Waals surface area contributed by atoms with Gasteiger partial charge in [0, 0.05) is 19.0 Å². The zero-order valence-corrected chi connectivity index (χ0v) is 15.5. The third-order valence-electron chi connectivity index (χ3n) is 6.10. The van der Waals surface area contributed by atoms with Gasteiger partial charge < -0.3 is 11.1 Å². The van der Waals surface area contributed by atoms with Crippen molar-refractivity contribution in [3.63, 3.8) is 0 Å². The van der Waals surface area contributed by atoms with E-state index in [-0.39, 0.29) is 18.0 Å². The van der Waals surface area contributed by atoms with Crippen LogP contribution in [0.2, 0.25) is 0 Å². The van der Waals surface area contributed by atoms with Gasteiger partial charge in [-0.1, -0.05) is 43.7 Å². The second-order valence-electron chi connectivity index (χ2n) is 8.01. The summed E-state index contributed by atoms with van der Waals surface area (Å²) >= 11 is 0. The van der Waals surface area contributed by atoms with E-state index in [1.807, 2.05) is 0 Å². The van der Waals surface area contributed by atoms with Crippen molar-refractivity contribution in [2.24, 2.45) is 17.6 Å². The molecule has 0 spiro atoms. The van der Waals surface area contributed by atoms with Gasteiger partial charge in [-0.25, -0.2) is 0 Å². The molecule has 0 bridgehead atoms. The number of piperidine rings is 1. The molecule has 0 aromatic heterocycles. The number of hydrogen-bond donors (Lipinski definition) is 2. The lowest BCUT2D eigenvalue weighted by Gasteiger charge is -2.37. The maximum atomic E-state index is 12.4. The molecule has 3 rings (SSSR count). The first-order valence-corrected chi connectivity index (χ1v) is 9.94. The molecule has 138 valence electrons. The highest BCUT2D eigenvalue weighted by Gasteiger charge is 2.28. The minimum Gasteiger partial charge on any atom is -0.354 e. The normalized spacial score (nSPS) is 26.5. The number of nitrogens with one attached hydrogen (secondary N) is 1. The van der Waals surface area contributed by atoms with Crippen molar-refractivity contribution in [2.75, 3.05) is 19.6 Å². The Hall–Kier alpha value is -1.39. The molecule has 4 heteroatoms. The maximum Gasteiger partial charge on any atom is 0.220 e. The second kappa shape index (κ2) is 8.81. The lowest BCUT2D eigenvalue weighted by Crippen LogP contribution is -2.42. The number of amides is 1. The fraction of sp³-hybridized carbons (Fsp3) is 0.667. The molecule has 0 radical (unpaired) electrons. The molecule has 1 saturated carbocycles. The van der Waals surface area contributed by atoms with Gasteiger partial charge >= 0.3 is 0 Å². The summed E-state index contributed by atoms with van der Waals surface area (Å²) in [5, 5.41) is 3.20. The van der Waals surface area contributed by atoms with E-state index in [1.54, 1.807) is 0 Å². The van der Waals surface area contributed by atoms with Gasteiger partial charge in [-0.05, 0) is 56.2 Å². The van der Waals surface area contributed by atoms with E-state index in [1.165, 1.54) is 18.4 Å². The summed E-state index contributed by atoms with van der Waals surface area (Å²) in [4.78, 5) is 15.0. The molecule has 1 amide bonds. The Morgan fingerprint density at radius 3 is 2.56 bits per heavy atom. The Kier molecular flexibility index (Phi) is 6.49. The van der Waals surface area contributed by atoms with Crippen molar-refractivity contribution >= 4 is 5.91 Å². The monoisotopic (exact) mass is 343 g/mol. The molecule has 1 aliphatic carbocycles. The first-order valence-electron chi connectivity index (χ1n) is 9.94. The number of benzene rings is 1. The molecule has 2 fully saturated rings. The molecule has 25 heavy (non-hydrogen) atoms. The van der Waals surface area contributed by atoms with E-state index in [9.17, 15) is 4.79 Å². The summed E-state index contributed by atoms with van der Waals surface area (Å²) in [6, 6.07) is 11.1. The minimum atomic E-state index is 0.161. The predicted octanol–water partition coefficient (Wildman–Crippen LogP) is 3.09. The summed E-state index contributed by atoms with van der Waals surface area (Å²) in [6.45, 7) is 5.26. The minimum absolute atomic E-state index is 0.161. The molecule has 3 atom stereocenters. The predicted molar refractivity (Wildman–Crippen MR) is 102 cm³/mol. The largest absolute Gasteiger partial charge is 0.354 e. The molecule has 3 N–H and O–H groups in total. The van der Waals surface area contributed by atoms with Gasteiger partial charge in [0.05, 0.1) is 6.04 Å². The van der Waals surface area contributed by atoms with E-state index in [0.717, 1.165) is 38.3 Å². The number of nitrogens with zero attached hydrogens (tertiary/aromatic N) is 1. The first-order chi connectivity index (χ1) is 12.1. The standard InChI is InChI=1S/C21H33N3O/c1-16-10-12-24(13-11-16)20(17-6-3-2-4-7-17)15-23-21(25)14-18-8-5-9-19(18)22/h2-4,6-7,16,18-20H,5,8-15,22H2,1H3,(H,23,25)/t18-,19+,20?/m0/s1. The zero-order valence-electron chi connectivity index (χ0n) is 15.5. The molecule has 4 nitrogen and oxygen atoms in total. The Morgan fingerprint density at radius 1 is 1.20 bits per heavy atom. The smallest absolute Gasteiger partial charge is 0.220 e. The van der Waals surface area contributed by atoms with Crippen LogP contribution in [0.4, 0.5) is 0 Å². The SMILES string of the molecule is CC1CCN(C(CNC(=O)C[C@@H]2CCC[C@H]2N)c2ccccc2)CC1. The average molecular weight is 344 g/mol. The molecular weight excluding hydrogens is 310 g/mol. The fourth-order valence-electron chi connectivity index (χ4n) is 4.31. The maximum absolute atomic E-state index is 12.4. The van der Waals surface area contributed by atoms with Crippen LogP contribution < -0.4 is 11.1 Å². The van der Waals surface area contributed by atoms with Crippen LogP contribution in [0.5, 0.6) is 0 Å². The van der Waals surface area contributed by atoms with Crippen molar-refractivity contribution in [3.05, 3.63) is 35.9 Å². The van der Waals surface area contributed by atoms with E-state index < -0.39 is 0 Å². The van der Waals surface area contributed by atoms with Crippen LogP contribution >= 0.6 is 0 Å². The summed E-state index contributed by atoms with van der Waals surface area (Å²) in [5.41, 5.74) is 7.42. The highest BCUT2D eigenvalue weighted by molar-refractivity contribution is 5.76. The lowest BCUT2D eigenvalue weighted by atomic mass is 9.95. The molecule has 2 aliphatic rings. The quantitative estimate of drug-likeness (QED) is 0.834. The topological polar surface area (TPSA) is 58.4 Å². The van der Waals surface area contributed by atoms with E-state index in [4.69, 9.17) is 5.73 Å². The van der Waals surface area contributed by atoms with Gasteiger partial charge in [-0.3, -0.25) is 9.69 Å². The Bertz CT molecular complexity index is 539. The number of nitrogens with two attached hydrogens (primary N) is 1. The molecule has 1 heterocycles. The molecule has 1 aromatic carbocycles. The van der Waals surface area contributed by atoms with Crippen LogP contribution in [0.25, 0.3) is 0 Å². The van der Waals surface area contributed by atoms with E-state index in [0.29, 0.717) is 18.9 Å². The van der Waals surface area contributed by atoms with Gasteiger partial charge in [0.2, 0.25) is 5.91 Å². The molecule has 1 aromatic rings. The number of likely N-dealkylation sites (tertiary alicyclic amines) is 1. The van der Waals surface area contributed by atoms with E-state index >= 15 is 0 Å². The van der Waals surface area contributed by atoms with Crippen molar-refractivity contribution in [2.45, 2.75) is 57.5 Å². The zero-order chi connectivity index (χ0) is 17.6. The van der Waals surface area contributed by atoms with Gasteiger partial charge in [-0.2, -0.15) is 0 Å². The highest BCUT2D eigenvalue weighted by atomic mass is 16.1. The van der Waals surface area contributed by atoms with Gasteiger partial charge in [0.15, 0.2) is 0 Å². The fourth-order valence-corrected chi connectivity index (χ4v) is 4.31. The molecular formula is C21H33N3O. The van der Waals surface area contributed by atoms with Crippen LogP contribution in [0.3, 0.4) is 0 Å². The summed E-state index contributed by atoms with van der Waals surface area (Å²) in [6.07, 6.45) is 6.40. The third-order valence-corrected chi connectivity index (χ3v) is 6.10. The van der Waals surface area contributed by atoms with Gasteiger partial charge in [-0.15, -0.1) is 0 Å². The van der Waals surface area contributed by atoms with Crippen LogP contribution in [0.1, 0.15) is 57.1 Å². The summed E-state index contributed by atoms with van der Waals surface area (Å²) in [7, 11) is 0. The van der Waals surface area contributed by atoms with Crippen molar-refractivity contribution in [3.8, 4) is 0 Å². The summed E-state index contributed by atoms with van der Waals surface area (Å²) in [5.74, 6) is 1.34. The van der Waals surface area contributed by atoms with Crippen molar-refractivity contribution in [1.29, 1.82) is 0 Å².